The van der Waals surface area contributed by atoms with E-state index in [1.165, 1.54) is 70.3 Å². The fourth-order valence-electron chi connectivity index (χ4n) is 6.34. The molecule has 0 saturated carbocycles. The summed E-state index contributed by atoms with van der Waals surface area (Å²) in [6, 6.07) is 15.7. The zero-order valence-electron chi connectivity index (χ0n) is 26.9. The highest BCUT2D eigenvalue weighted by Crippen LogP contribution is 2.36. The largest absolute Gasteiger partial charge is 0.490 e. The average Bonchev–Trinajstić information content (AvgIpc) is 3.04. The molecule has 0 spiro atoms. The van der Waals surface area contributed by atoms with Gasteiger partial charge in [-0.15, -0.1) is 0 Å². The topological polar surface area (TPSA) is 9.23 Å². The van der Waals surface area contributed by atoms with Crippen LogP contribution in [0.2, 0.25) is 0 Å². The Kier molecular flexibility index (Phi) is 13.9. The van der Waals surface area contributed by atoms with Gasteiger partial charge in [-0.1, -0.05) is 133 Å². The number of ether oxygens (including phenoxy) is 1. The quantitative estimate of drug-likeness (QED) is 0.131. The fraction of sp³-hybridized carbons (Fsp3) is 0.500. The number of hydrogen-bond donors (Lipinski definition) is 0. The van der Waals surface area contributed by atoms with Crippen molar-refractivity contribution >= 4 is 5.57 Å². The highest BCUT2D eigenvalue weighted by atomic mass is 19.2. The Bertz CT molecular complexity index is 1330. The lowest BCUT2D eigenvalue weighted by atomic mass is 9.83. The Hall–Kier alpha value is -3.01. The van der Waals surface area contributed by atoms with Gasteiger partial charge in [0.25, 0.3) is 0 Å². The van der Waals surface area contributed by atoms with Gasteiger partial charge in [0, 0.05) is 11.1 Å². The monoisotopic (exact) mass is 604 g/mol. The predicted octanol–water partition coefficient (Wildman–Crippen LogP) is 13.1. The second-order valence-electron chi connectivity index (χ2n) is 12.6. The molecule has 0 aromatic heterocycles. The molecule has 0 N–H and O–H groups in total. The molecule has 1 aliphatic rings. The highest BCUT2D eigenvalue weighted by molar-refractivity contribution is 5.74. The second-order valence-corrected chi connectivity index (χ2v) is 12.6. The van der Waals surface area contributed by atoms with Crippen molar-refractivity contribution in [2.24, 2.45) is 5.92 Å². The normalized spacial score (nSPS) is 14.9. The molecule has 4 rings (SSSR count). The van der Waals surface area contributed by atoms with Crippen molar-refractivity contribution in [3.63, 3.8) is 0 Å². The van der Waals surface area contributed by atoms with Crippen molar-refractivity contribution in [3.05, 3.63) is 83.7 Å². The van der Waals surface area contributed by atoms with Gasteiger partial charge in [-0.3, -0.25) is 0 Å². The van der Waals surface area contributed by atoms with E-state index >= 15 is 8.78 Å². The van der Waals surface area contributed by atoms with Crippen molar-refractivity contribution in [1.29, 1.82) is 0 Å². The first-order valence-electron chi connectivity index (χ1n) is 17.2. The molecule has 0 heterocycles. The van der Waals surface area contributed by atoms with Gasteiger partial charge in [0.15, 0.2) is 11.6 Å². The summed E-state index contributed by atoms with van der Waals surface area (Å²) in [4.78, 5) is 0. The van der Waals surface area contributed by atoms with Crippen molar-refractivity contribution in [1.82, 2.24) is 0 Å². The standard InChI is InChI=1S/C40H51F3O/c1-3-5-7-9-10-12-14-28-44-38-27-26-36(39(42)40(38)43)33-22-20-31(21-23-33)34-24-25-35(37(41)29-34)32-18-16-30(17-19-32)15-13-11-8-6-4-2/h18,20-27,29-30H,3-17,19,28H2,1-2H3. The van der Waals surface area contributed by atoms with Crippen LogP contribution in [0.5, 0.6) is 5.75 Å². The predicted molar refractivity (Wildman–Crippen MR) is 179 cm³/mol. The number of allylic oxidation sites excluding steroid dienone is 2. The van der Waals surface area contributed by atoms with Gasteiger partial charge in [-0.05, 0) is 72.1 Å². The van der Waals surface area contributed by atoms with Gasteiger partial charge >= 0.3 is 0 Å². The van der Waals surface area contributed by atoms with Gasteiger partial charge < -0.3 is 4.74 Å². The summed E-state index contributed by atoms with van der Waals surface area (Å²) < 4.78 is 50.7. The minimum absolute atomic E-state index is 0.0459. The molecule has 1 aliphatic carbocycles. The SMILES string of the molecule is CCCCCCCCCOc1ccc(-c2ccc(-c3ccc(C4=CCC(CCCCCCC)CC4)c(F)c3)cc2)c(F)c1F. The van der Waals surface area contributed by atoms with Gasteiger partial charge in [-0.25, -0.2) is 8.78 Å². The number of unbranched alkanes of at least 4 members (excludes halogenated alkanes) is 10. The maximum absolute atomic E-state index is 15.3. The van der Waals surface area contributed by atoms with E-state index < -0.39 is 11.6 Å². The second kappa shape index (κ2) is 18.1. The number of benzene rings is 3. The third kappa shape index (κ3) is 9.74. The van der Waals surface area contributed by atoms with E-state index in [1.807, 2.05) is 24.3 Å². The van der Waals surface area contributed by atoms with Crippen LogP contribution in [0.3, 0.4) is 0 Å². The van der Waals surface area contributed by atoms with Crippen LogP contribution in [0, 0.1) is 23.4 Å². The maximum atomic E-state index is 15.3. The minimum Gasteiger partial charge on any atom is -0.490 e. The van der Waals surface area contributed by atoms with E-state index in [2.05, 4.69) is 19.9 Å². The smallest absolute Gasteiger partial charge is 0.201 e. The zero-order chi connectivity index (χ0) is 31.1. The first-order chi connectivity index (χ1) is 21.5. The molecule has 0 fully saturated rings. The van der Waals surface area contributed by atoms with E-state index in [9.17, 15) is 4.39 Å². The third-order valence-corrected chi connectivity index (χ3v) is 9.13. The molecular formula is C40H51F3O. The van der Waals surface area contributed by atoms with Gasteiger partial charge in [0.2, 0.25) is 5.82 Å². The molecule has 0 bridgehead atoms. The van der Waals surface area contributed by atoms with Crippen LogP contribution in [0.25, 0.3) is 27.8 Å². The van der Waals surface area contributed by atoms with E-state index in [0.717, 1.165) is 61.1 Å². The van der Waals surface area contributed by atoms with Crippen LogP contribution in [0.1, 0.15) is 122 Å². The Labute approximate surface area is 263 Å². The summed E-state index contributed by atoms with van der Waals surface area (Å²) in [7, 11) is 0. The third-order valence-electron chi connectivity index (χ3n) is 9.13. The van der Waals surface area contributed by atoms with Crippen molar-refractivity contribution in [2.45, 2.75) is 117 Å². The Morgan fingerprint density at radius 2 is 1.25 bits per heavy atom. The van der Waals surface area contributed by atoms with Crippen molar-refractivity contribution in [3.8, 4) is 28.0 Å². The first-order valence-corrected chi connectivity index (χ1v) is 17.2. The van der Waals surface area contributed by atoms with Crippen LogP contribution < -0.4 is 4.74 Å². The van der Waals surface area contributed by atoms with Crippen LogP contribution in [0.15, 0.2) is 60.7 Å². The number of rotatable bonds is 18. The lowest BCUT2D eigenvalue weighted by Gasteiger charge is -2.22. The Morgan fingerprint density at radius 1 is 0.636 bits per heavy atom. The van der Waals surface area contributed by atoms with Gasteiger partial charge in [-0.2, -0.15) is 4.39 Å². The summed E-state index contributed by atoms with van der Waals surface area (Å²) in [6.45, 7) is 4.82. The lowest BCUT2D eigenvalue weighted by molar-refractivity contribution is 0.285. The summed E-state index contributed by atoms with van der Waals surface area (Å²) in [6.07, 6.45) is 21.1. The van der Waals surface area contributed by atoms with Crippen molar-refractivity contribution in [2.75, 3.05) is 6.61 Å². The molecule has 0 radical (unpaired) electrons. The molecule has 1 unspecified atom stereocenters. The summed E-state index contributed by atoms with van der Waals surface area (Å²) >= 11 is 0. The summed E-state index contributed by atoms with van der Waals surface area (Å²) in [5, 5.41) is 0. The summed E-state index contributed by atoms with van der Waals surface area (Å²) in [5.41, 5.74) is 4.14. The molecule has 0 amide bonds. The first kappa shape index (κ1) is 33.9. The fourth-order valence-corrected chi connectivity index (χ4v) is 6.34. The maximum Gasteiger partial charge on any atom is 0.201 e. The van der Waals surface area contributed by atoms with Crippen LogP contribution in [-0.4, -0.2) is 6.61 Å². The highest BCUT2D eigenvalue weighted by Gasteiger charge is 2.19. The van der Waals surface area contributed by atoms with Crippen LogP contribution >= 0.6 is 0 Å². The molecule has 0 aliphatic heterocycles. The van der Waals surface area contributed by atoms with Gasteiger partial charge in [0.05, 0.1) is 6.61 Å². The summed E-state index contributed by atoms with van der Waals surface area (Å²) in [5.74, 6) is -1.41. The molecule has 238 valence electrons. The van der Waals surface area contributed by atoms with E-state index in [0.29, 0.717) is 17.7 Å². The molecule has 3 aromatic carbocycles. The van der Waals surface area contributed by atoms with E-state index in [4.69, 9.17) is 4.74 Å². The Balaban J connectivity index is 1.32. The number of hydrogen-bond acceptors (Lipinski definition) is 1. The average molecular weight is 605 g/mol. The van der Waals surface area contributed by atoms with Crippen molar-refractivity contribution < 1.29 is 17.9 Å². The Morgan fingerprint density at radius 3 is 1.91 bits per heavy atom. The molecule has 0 saturated heterocycles. The molecule has 1 nitrogen and oxygen atoms in total. The van der Waals surface area contributed by atoms with Crippen LogP contribution in [0.4, 0.5) is 13.2 Å². The van der Waals surface area contributed by atoms with Gasteiger partial charge in [0.1, 0.15) is 5.82 Å². The van der Waals surface area contributed by atoms with E-state index in [1.54, 1.807) is 24.3 Å². The zero-order valence-corrected chi connectivity index (χ0v) is 26.9. The van der Waals surface area contributed by atoms with E-state index in [-0.39, 0.29) is 17.1 Å². The molecular weight excluding hydrogens is 553 g/mol. The van der Waals surface area contributed by atoms with Crippen LogP contribution in [-0.2, 0) is 0 Å². The minimum atomic E-state index is -0.956. The number of halogens is 3. The molecule has 44 heavy (non-hydrogen) atoms. The molecule has 4 heteroatoms. The molecule has 3 aromatic rings. The molecule has 1 atom stereocenters. The lowest BCUT2D eigenvalue weighted by Crippen LogP contribution is -2.06.